The van der Waals surface area contributed by atoms with Gasteiger partial charge in [-0.25, -0.2) is 14.6 Å². The van der Waals surface area contributed by atoms with Crippen LogP contribution in [0.25, 0.3) is 5.82 Å². The van der Waals surface area contributed by atoms with Crippen molar-refractivity contribution in [2.24, 2.45) is 5.10 Å². The number of hydrazone groups is 1. The van der Waals surface area contributed by atoms with Crippen LogP contribution < -0.4 is 5.43 Å². The second kappa shape index (κ2) is 6.87. The van der Waals surface area contributed by atoms with Gasteiger partial charge in [0, 0.05) is 23.9 Å². The number of aryl methyl sites for hydroxylation is 2. The van der Waals surface area contributed by atoms with E-state index in [2.05, 4.69) is 25.6 Å². The average Bonchev–Trinajstić information content (AvgIpc) is 2.94. The van der Waals surface area contributed by atoms with Crippen molar-refractivity contribution in [1.82, 2.24) is 19.7 Å². The molecule has 2 heterocycles. The van der Waals surface area contributed by atoms with Crippen LogP contribution in [0.5, 0.6) is 0 Å². The van der Waals surface area contributed by atoms with Gasteiger partial charge in [-0.15, -0.1) is 0 Å². The van der Waals surface area contributed by atoms with Crippen LogP contribution in [0.3, 0.4) is 0 Å². The fourth-order valence-electron chi connectivity index (χ4n) is 2.24. The minimum Gasteiger partial charge on any atom is -0.261 e. The Kier molecular flexibility index (Phi) is 4.46. The molecule has 0 bridgehead atoms. The maximum absolute atomic E-state index is 10.6. The summed E-state index contributed by atoms with van der Waals surface area (Å²) in [5.41, 5.74) is 5.45. The van der Waals surface area contributed by atoms with Crippen LogP contribution in [0.1, 0.15) is 17.0 Å². The van der Waals surface area contributed by atoms with Gasteiger partial charge in [0.2, 0.25) is 0 Å². The summed E-state index contributed by atoms with van der Waals surface area (Å²) in [5, 5.41) is 19.1. The van der Waals surface area contributed by atoms with Crippen LogP contribution in [0.2, 0.25) is 0 Å². The maximum atomic E-state index is 10.6. The number of anilines is 1. The molecule has 0 radical (unpaired) electrons. The second-order valence-corrected chi connectivity index (χ2v) is 5.32. The lowest BCUT2D eigenvalue weighted by Crippen LogP contribution is -2.04. The molecule has 2 aromatic heterocycles. The zero-order valence-electron chi connectivity index (χ0n) is 13.6. The molecule has 3 rings (SSSR count). The molecular weight excluding hydrogens is 322 g/mol. The zero-order valence-corrected chi connectivity index (χ0v) is 13.6. The number of nitro benzene ring substituents is 1. The molecule has 1 aromatic carbocycles. The van der Waals surface area contributed by atoms with Gasteiger partial charge in [0.1, 0.15) is 6.33 Å². The van der Waals surface area contributed by atoms with E-state index < -0.39 is 4.92 Å². The van der Waals surface area contributed by atoms with E-state index >= 15 is 0 Å². The number of rotatable bonds is 5. The number of benzene rings is 1. The van der Waals surface area contributed by atoms with Gasteiger partial charge in [-0.05, 0) is 37.6 Å². The second-order valence-electron chi connectivity index (χ2n) is 5.32. The van der Waals surface area contributed by atoms with Crippen molar-refractivity contribution in [2.75, 3.05) is 5.43 Å². The first kappa shape index (κ1) is 16.2. The first-order chi connectivity index (χ1) is 12.0. The highest BCUT2D eigenvalue weighted by Crippen LogP contribution is 2.13. The fourth-order valence-corrected chi connectivity index (χ4v) is 2.24. The number of nitrogens with zero attached hydrogens (tertiary/aromatic N) is 6. The molecule has 0 aliphatic heterocycles. The molecule has 0 aliphatic carbocycles. The van der Waals surface area contributed by atoms with E-state index in [-0.39, 0.29) is 5.69 Å². The largest absolute Gasteiger partial charge is 0.269 e. The predicted molar refractivity (Wildman–Crippen MR) is 92.9 cm³/mol. The molecule has 0 atom stereocenters. The van der Waals surface area contributed by atoms with E-state index in [0.29, 0.717) is 11.6 Å². The van der Waals surface area contributed by atoms with Crippen LogP contribution >= 0.6 is 0 Å². The average molecular weight is 337 g/mol. The number of non-ortho nitro benzene ring substituents is 1. The Morgan fingerprint density at radius 3 is 2.60 bits per heavy atom. The van der Waals surface area contributed by atoms with Crippen LogP contribution in [0, 0.1) is 24.0 Å². The Morgan fingerprint density at radius 1 is 1.20 bits per heavy atom. The summed E-state index contributed by atoms with van der Waals surface area (Å²) < 4.78 is 1.72. The quantitative estimate of drug-likeness (QED) is 0.435. The lowest BCUT2D eigenvalue weighted by molar-refractivity contribution is -0.384. The third-order valence-electron chi connectivity index (χ3n) is 3.38. The van der Waals surface area contributed by atoms with Crippen molar-refractivity contribution in [3.8, 4) is 5.82 Å². The normalized spacial score (nSPS) is 11.0. The Labute approximate surface area is 143 Å². The maximum Gasteiger partial charge on any atom is 0.269 e. The van der Waals surface area contributed by atoms with Crippen molar-refractivity contribution in [1.29, 1.82) is 0 Å². The van der Waals surface area contributed by atoms with Gasteiger partial charge in [0.25, 0.3) is 5.69 Å². The Bertz CT molecular complexity index is 932. The molecular formula is C16H15N7O2. The smallest absolute Gasteiger partial charge is 0.261 e. The van der Waals surface area contributed by atoms with Gasteiger partial charge in [-0.2, -0.15) is 10.2 Å². The van der Waals surface area contributed by atoms with Gasteiger partial charge >= 0.3 is 0 Å². The summed E-state index contributed by atoms with van der Waals surface area (Å²) in [6, 6.07) is 9.77. The van der Waals surface area contributed by atoms with Gasteiger partial charge in [-0.1, -0.05) is 0 Å². The van der Waals surface area contributed by atoms with Crippen molar-refractivity contribution < 1.29 is 4.92 Å². The van der Waals surface area contributed by atoms with Crippen LogP contribution in [0.15, 0.2) is 47.8 Å². The molecule has 0 fully saturated rings. The summed E-state index contributed by atoms with van der Waals surface area (Å²) in [6.07, 6.45) is 2.98. The standard InChI is InChI=1S/C16H15N7O2/c1-11-7-12(2)22(21-11)16-8-15(17-10-18-16)20-19-9-13-3-5-14(6-4-13)23(24)25/h3-10H,1-2H3,(H,17,18,20)/b19-9+. The highest BCUT2D eigenvalue weighted by Gasteiger charge is 2.06. The minimum absolute atomic E-state index is 0.0374. The summed E-state index contributed by atoms with van der Waals surface area (Å²) in [4.78, 5) is 18.5. The van der Waals surface area contributed by atoms with Crippen LogP contribution in [-0.4, -0.2) is 30.9 Å². The van der Waals surface area contributed by atoms with E-state index in [1.807, 2.05) is 19.9 Å². The van der Waals surface area contributed by atoms with E-state index in [9.17, 15) is 10.1 Å². The highest BCUT2D eigenvalue weighted by molar-refractivity contribution is 5.80. The topological polar surface area (TPSA) is 111 Å². The lowest BCUT2D eigenvalue weighted by Gasteiger charge is -2.04. The summed E-state index contributed by atoms with van der Waals surface area (Å²) in [6.45, 7) is 3.86. The van der Waals surface area contributed by atoms with Crippen molar-refractivity contribution in [3.05, 3.63) is 69.8 Å². The summed E-state index contributed by atoms with van der Waals surface area (Å²) >= 11 is 0. The predicted octanol–water partition coefficient (Wildman–Crippen LogP) is 2.63. The molecule has 1 N–H and O–H groups in total. The third kappa shape index (κ3) is 3.83. The first-order valence-corrected chi connectivity index (χ1v) is 7.42. The number of nitro groups is 1. The summed E-state index contributed by atoms with van der Waals surface area (Å²) in [5.74, 6) is 1.14. The minimum atomic E-state index is -0.444. The molecule has 0 aliphatic rings. The molecule has 9 nitrogen and oxygen atoms in total. The molecule has 3 aromatic rings. The molecule has 0 spiro atoms. The Hall–Kier alpha value is -3.62. The van der Waals surface area contributed by atoms with Crippen molar-refractivity contribution >= 4 is 17.7 Å². The lowest BCUT2D eigenvalue weighted by atomic mass is 10.2. The zero-order chi connectivity index (χ0) is 17.8. The van der Waals surface area contributed by atoms with Gasteiger partial charge in [0.15, 0.2) is 11.6 Å². The molecule has 126 valence electrons. The van der Waals surface area contributed by atoms with E-state index in [4.69, 9.17) is 0 Å². The van der Waals surface area contributed by atoms with Crippen molar-refractivity contribution in [2.45, 2.75) is 13.8 Å². The highest BCUT2D eigenvalue weighted by atomic mass is 16.6. The number of aromatic nitrogens is 4. The molecule has 25 heavy (non-hydrogen) atoms. The SMILES string of the molecule is Cc1cc(C)n(-c2cc(N/N=C/c3ccc([N+](=O)[O-])cc3)ncn2)n1. The Balaban J connectivity index is 1.72. The van der Waals surface area contributed by atoms with Gasteiger partial charge in [0.05, 0.1) is 16.8 Å². The monoisotopic (exact) mass is 337 g/mol. The van der Waals surface area contributed by atoms with Crippen LogP contribution in [-0.2, 0) is 0 Å². The molecule has 9 heteroatoms. The van der Waals surface area contributed by atoms with E-state index in [0.717, 1.165) is 17.0 Å². The molecule has 0 amide bonds. The number of hydrogen-bond donors (Lipinski definition) is 1. The molecule has 0 unspecified atom stereocenters. The Morgan fingerprint density at radius 2 is 1.96 bits per heavy atom. The van der Waals surface area contributed by atoms with E-state index in [1.54, 1.807) is 29.1 Å². The number of nitrogens with one attached hydrogen (secondary N) is 1. The molecule has 0 saturated carbocycles. The van der Waals surface area contributed by atoms with Gasteiger partial charge < -0.3 is 0 Å². The molecule has 0 saturated heterocycles. The van der Waals surface area contributed by atoms with Gasteiger partial charge in [-0.3, -0.25) is 15.5 Å². The van der Waals surface area contributed by atoms with Crippen molar-refractivity contribution in [3.63, 3.8) is 0 Å². The first-order valence-electron chi connectivity index (χ1n) is 7.42. The third-order valence-corrected chi connectivity index (χ3v) is 3.38. The summed E-state index contributed by atoms with van der Waals surface area (Å²) in [7, 11) is 0. The van der Waals surface area contributed by atoms with Crippen LogP contribution in [0.4, 0.5) is 11.5 Å². The fraction of sp³-hybridized carbons (Fsp3) is 0.125. The number of hydrogen-bond acceptors (Lipinski definition) is 7. The van der Waals surface area contributed by atoms with E-state index in [1.165, 1.54) is 18.5 Å².